The number of nitrogens with zero attached hydrogens (tertiary/aromatic N) is 1. The third-order valence-electron chi connectivity index (χ3n) is 5.78. The summed E-state index contributed by atoms with van der Waals surface area (Å²) in [6, 6.07) is 32.6. The van der Waals surface area contributed by atoms with Gasteiger partial charge in [0.2, 0.25) is 0 Å². The lowest BCUT2D eigenvalue weighted by Crippen LogP contribution is -2.52. The highest BCUT2D eigenvalue weighted by Gasteiger charge is 2.39. The van der Waals surface area contributed by atoms with Gasteiger partial charge in [0.25, 0.3) is 0 Å². The van der Waals surface area contributed by atoms with Gasteiger partial charge in [-0.05, 0) is 41.3 Å². The number of aliphatic carboxylic acids is 1. The number of anilines is 1. The summed E-state index contributed by atoms with van der Waals surface area (Å²) in [5.41, 5.74) is 9.03. The van der Waals surface area contributed by atoms with Crippen molar-refractivity contribution in [3.05, 3.63) is 138 Å². The molecule has 4 aromatic rings. The summed E-state index contributed by atoms with van der Waals surface area (Å²) in [6.45, 7) is 0. The summed E-state index contributed by atoms with van der Waals surface area (Å²) in [5, 5.41) is 13.7. The molecule has 0 fully saturated rings. The van der Waals surface area contributed by atoms with E-state index >= 15 is 0 Å². The van der Waals surface area contributed by atoms with Crippen LogP contribution in [0.1, 0.15) is 28.8 Å². The predicted octanol–water partition coefficient (Wildman–Crippen LogP) is 5.10. The number of nitrogens with one attached hydrogen (secondary N) is 1. The number of hydrogen-bond acceptors (Lipinski definition) is 4. The minimum atomic E-state index is -0.929. The molecular weight excluding hydrogens is 422 g/mol. The zero-order valence-corrected chi connectivity index (χ0v) is 18.7. The molecule has 0 bridgehead atoms. The van der Waals surface area contributed by atoms with Crippen molar-refractivity contribution >= 4 is 17.7 Å². The van der Waals surface area contributed by atoms with Crippen LogP contribution in [0.3, 0.4) is 0 Å². The van der Waals surface area contributed by atoms with E-state index in [2.05, 4.69) is 10.3 Å². The zero-order valence-electron chi connectivity index (χ0n) is 18.7. The molecule has 170 valence electrons. The van der Waals surface area contributed by atoms with Gasteiger partial charge in [0.1, 0.15) is 6.04 Å². The quantitative estimate of drug-likeness (QED) is 0.309. The molecule has 5 heteroatoms. The molecule has 0 saturated heterocycles. The molecule has 0 aliphatic carbocycles. The van der Waals surface area contributed by atoms with Gasteiger partial charge in [-0.25, -0.2) is 0 Å². The van der Waals surface area contributed by atoms with E-state index in [0.29, 0.717) is 5.69 Å². The van der Waals surface area contributed by atoms with E-state index in [4.69, 9.17) is 5.73 Å². The number of carboxylic acids is 1. The van der Waals surface area contributed by atoms with E-state index in [1.54, 1.807) is 18.3 Å². The van der Waals surface area contributed by atoms with Crippen LogP contribution in [0, 0.1) is 0 Å². The van der Waals surface area contributed by atoms with Crippen LogP contribution in [0.5, 0.6) is 0 Å². The SMILES string of the molecule is Nc1ccc(/C=C/C[C@H](NC(c2ccccc2)(c2ccccc2)c2ccccc2)C(=O)O)nc1. The molecule has 0 spiro atoms. The Labute approximate surface area is 199 Å². The Morgan fingerprint density at radius 2 is 1.35 bits per heavy atom. The summed E-state index contributed by atoms with van der Waals surface area (Å²) >= 11 is 0. The minimum Gasteiger partial charge on any atom is -0.480 e. The van der Waals surface area contributed by atoms with Crippen molar-refractivity contribution in [3.8, 4) is 0 Å². The van der Waals surface area contributed by atoms with Crippen LogP contribution in [-0.2, 0) is 10.3 Å². The highest BCUT2D eigenvalue weighted by Crippen LogP contribution is 2.37. The molecular formula is C29H27N3O2. The molecule has 0 radical (unpaired) electrons. The largest absolute Gasteiger partial charge is 0.480 e. The van der Waals surface area contributed by atoms with Crippen LogP contribution in [0.15, 0.2) is 115 Å². The second kappa shape index (κ2) is 10.6. The molecule has 0 aliphatic heterocycles. The Morgan fingerprint density at radius 3 is 1.76 bits per heavy atom. The first kappa shape index (κ1) is 23.0. The number of rotatable bonds is 9. The number of nitrogens with two attached hydrogens (primary N) is 1. The average Bonchev–Trinajstić information content (AvgIpc) is 2.89. The van der Waals surface area contributed by atoms with Gasteiger partial charge in [-0.2, -0.15) is 0 Å². The van der Waals surface area contributed by atoms with E-state index in [-0.39, 0.29) is 6.42 Å². The van der Waals surface area contributed by atoms with Gasteiger partial charge in [0, 0.05) is 0 Å². The number of benzene rings is 3. The first-order chi connectivity index (χ1) is 16.6. The highest BCUT2D eigenvalue weighted by molar-refractivity contribution is 5.74. The van der Waals surface area contributed by atoms with Gasteiger partial charge in [-0.15, -0.1) is 0 Å². The molecule has 1 aromatic heterocycles. The maximum Gasteiger partial charge on any atom is 0.321 e. The number of nitrogen functional groups attached to an aromatic ring is 1. The summed E-state index contributed by atoms with van der Waals surface area (Å²) in [6.07, 6.45) is 5.50. The number of carboxylic acid groups (broad SMARTS) is 1. The standard InChI is InChI=1S/C29H27N3O2/c30-25-19-20-26(31-21-25)17-10-18-27(28(33)34)32-29(22-11-4-1-5-12-22,23-13-6-2-7-14-23)24-15-8-3-9-16-24/h1-17,19-21,27,32H,18,30H2,(H,33,34)/b17-10+/t27-/m0/s1. The van der Waals surface area contributed by atoms with Crippen LogP contribution in [0.4, 0.5) is 5.69 Å². The minimum absolute atomic E-state index is 0.273. The maximum absolute atomic E-state index is 12.4. The Kier molecular flexibility index (Phi) is 7.16. The molecule has 0 amide bonds. The Bertz CT molecular complexity index is 1130. The molecule has 4 rings (SSSR count). The van der Waals surface area contributed by atoms with Gasteiger partial charge < -0.3 is 10.8 Å². The van der Waals surface area contributed by atoms with Crippen molar-refractivity contribution in [2.75, 3.05) is 5.73 Å². The van der Waals surface area contributed by atoms with Gasteiger partial charge in [-0.1, -0.05) is 97.1 Å². The molecule has 3 aromatic carbocycles. The van der Waals surface area contributed by atoms with E-state index in [9.17, 15) is 9.90 Å². The second-order valence-corrected chi connectivity index (χ2v) is 8.04. The third kappa shape index (κ3) is 5.05. The van der Waals surface area contributed by atoms with Crippen LogP contribution < -0.4 is 11.1 Å². The molecule has 34 heavy (non-hydrogen) atoms. The predicted molar refractivity (Wildman–Crippen MR) is 136 cm³/mol. The number of hydrogen-bond donors (Lipinski definition) is 3. The first-order valence-corrected chi connectivity index (χ1v) is 11.1. The first-order valence-electron chi connectivity index (χ1n) is 11.1. The molecule has 5 nitrogen and oxygen atoms in total. The van der Waals surface area contributed by atoms with E-state index in [1.807, 2.05) is 103 Å². The van der Waals surface area contributed by atoms with Crippen molar-refractivity contribution in [2.24, 2.45) is 0 Å². The summed E-state index contributed by atoms with van der Waals surface area (Å²) in [7, 11) is 0. The van der Waals surface area contributed by atoms with Gasteiger partial charge in [0.15, 0.2) is 0 Å². The second-order valence-electron chi connectivity index (χ2n) is 8.04. The maximum atomic E-state index is 12.4. The van der Waals surface area contributed by atoms with E-state index in [0.717, 1.165) is 22.4 Å². The lowest BCUT2D eigenvalue weighted by atomic mass is 9.76. The van der Waals surface area contributed by atoms with Crippen LogP contribution in [0.25, 0.3) is 6.08 Å². The summed E-state index contributed by atoms with van der Waals surface area (Å²) in [5.74, 6) is -0.929. The van der Waals surface area contributed by atoms with Crippen molar-refractivity contribution in [3.63, 3.8) is 0 Å². The molecule has 4 N–H and O–H groups in total. The van der Waals surface area contributed by atoms with Crippen molar-refractivity contribution < 1.29 is 9.90 Å². The van der Waals surface area contributed by atoms with Gasteiger partial charge in [-0.3, -0.25) is 15.1 Å². The molecule has 0 aliphatic rings. The Hall–Kier alpha value is -4.22. The van der Waals surface area contributed by atoms with Gasteiger partial charge in [0.05, 0.1) is 23.1 Å². The monoisotopic (exact) mass is 449 g/mol. The van der Waals surface area contributed by atoms with Crippen molar-refractivity contribution in [1.82, 2.24) is 10.3 Å². The Morgan fingerprint density at radius 1 is 0.853 bits per heavy atom. The molecule has 1 atom stereocenters. The van der Waals surface area contributed by atoms with Crippen LogP contribution in [-0.4, -0.2) is 22.1 Å². The number of aromatic nitrogens is 1. The van der Waals surface area contributed by atoms with E-state index < -0.39 is 17.6 Å². The topological polar surface area (TPSA) is 88.2 Å². The lowest BCUT2D eigenvalue weighted by molar-refractivity contribution is -0.139. The van der Waals surface area contributed by atoms with Gasteiger partial charge >= 0.3 is 5.97 Å². The Balaban J connectivity index is 1.77. The average molecular weight is 450 g/mol. The molecule has 0 unspecified atom stereocenters. The molecule has 1 heterocycles. The third-order valence-corrected chi connectivity index (χ3v) is 5.78. The van der Waals surface area contributed by atoms with Crippen LogP contribution >= 0.6 is 0 Å². The zero-order chi connectivity index (χ0) is 23.8. The summed E-state index contributed by atoms with van der Waals surface area (Å²) in [4.78, 5) is 16.7. The molecule has 0 saturated carbocycles. The summed E-state index contributed by atoms with van der Waals surface area (Å²) < 4.78 is 0. The van der Waals surface area contributed by atoms with E-state index in [1.165, 1.54) is 0 Å². The lowest BCUT2D eigenvalue weighted by Gasteiger charge is -2.39. The van der Waals surface area contributed by atoms with Crippen molar-refractivity contribution in [1.29, 1.82) is 0 Å². The van der Waals surface area contributed by atoms with Crippen LogP contribution in [0.2, 0.25) is 0 Å². The number of carbonyl (C=O) groups is 1. The fraction of sp³-hybridized carbons (Fsp3) is 0.103. The highest BCUT2D eigenvalue weighted by atomic mass is 16.4. The fourth-order valence-corrected chi connectivity index (χ4v) is 4.14. The number of pyridine rings is 1. The smallest absolute Gasteiger partial charge is 0.321 e. The van der Waals surface area contributed by atoms with Crippen molar-refractivity contribution in [2.45, 2.75) is 18.0 Å². The normalized spacial score (nSPS) is 12.5. The fourth-order valence-electron chi connectivity index (χ4n) is 4.14.